The number of ether oxygens (including phenoxy) is 4. The van der Waals surface area contributed by atoms with E-state index in [1.165, 1.54) is 32.4 Å². The van der Waals surface area contributed by atoms with Crippen LogP contribution in [0.4, 0.5) is 0 Å². The van der Waals surface area contributed by atoms with E-state index in [0.717, 1.165) is 0 Å². The van der Waals surface area contributed by atoms with E-state index in [1.807, 2.05) is 0 Å². The van der Waals surface area contributed by atoms with Crippen LogP contribution >= 0.6 is 0 Å². The van der Waals surface area contributed by atoms with Crippen LogP contribution in [0.15, 0.2) is 18.2 Å². The molecule has 0 spiro atoms. The van der Waals surface area contributed by atoms with Crippen molar-refractivity contribution in [2.75, 3.05) is 14.2 Å². The van der Waals surface area contributed by atoms with E-state index in [0.29, 0.717) is 16.9 Å². The molecule has 0 aromatic heterocycles. The Labute approximate surface area is 160 Å². The number of Topliss-reactive ketones (excluding diaryl/α,β-unsaturated/α-hetero) is 1. The predicted molar refractivity (Wildman–Crippen MR) is 96.3 cm³/mol. The lowest BCUT2D eigenvalue weighted by atomic mass is 9.76. The van der Waals surface area contributed by atoms with Crippen molar-refractivity contribution < 1.29 is 39.1 Å². The molecule has 2 aromatic rings. The Kier molecular flexibility index (Phi) is 3.95. The molecule has 148 valence electrons. The number of ketones is 1. The number of hydrogen-bond donors (Lipinski definition) is 3. The average molecular weight is 388 g/mol. The number of carbonyl (C=O) groups is 1. The number of methoxy groups -OCH3 is 2. The molecule has 0 unspecified atom stereocenters. The average Bonchev–Trinajstić information content (AvgIpc) is 2.68. The number of carbonyl (C=O) groups excluding carboxylic acids is 1. The van der Waals surface area contributed by atoms with Crippen LogP contribution in [-0.2, 0) is 10.3 Å². The van der Waals surface area contributed by atoms with Gasteiger partial charge >= 0.3 is 0 Å². The molecule has 8 heteroatoms. The molecule has 8 nitrogen and oxygen atoms in total. The van der Waals surface area contributed by atoms with Gasteiger partial charge in [0, 0.05) is 23.8 Å². The summed E-state index contributed by atoms with van der Waals surface area (Å²) in [4.78, 5) is 13.5. The number of para-hydroxylation sites is 1. The first-order valence-electron chi connectivity index (χ1n) is 8.63. The van der Waals surface area contributed by atoms with Crippen LogP contribution in [0.3, 0.4) is 0 Å². The Hall–Kier alpha value is -2.97. The first kappa shape index (κ1) is 18.4. The zero-order valence-electron chi connectivity index (χ0n) is 15.8. The maximum Gasteiger partial charge on any atom is 0.240 e. The van der Waals surface area contributed by atoms with Gasteiger partial charge < -0.3 is 34.3 Å². The normalized spacial score (nSPS) is 25.1. The topological polar surface area (TPSA) is 115 Å². The molecule has 0 amide bonds. The molecule has 0 aliphatic carbocycles. The number of benzene rings is 2. The number of hydrogen-bond acceptors (Lipinski definition) is 8. The lowest BCUT2D eigenvalue weighted by molar-refractivity contribution is -0.192. The third-order valence-corrected chi connectivity index (χ3v) is 5.39. The van der Waals surface area contributed by atoms with Gasteiger partial charge in [-0.1, -0.05) is 12.1 Å². The van der Waals surface area contributed by atoms with Gasteiger partial charge in [-0.3, -0.25) is 4.79 Å². The highest BCUT2D eigenvalue weighted by atomic mass is 16.7. The number of aromatic hydroxyl groups is 2. The zero-order chi connectivity index (χ0) is 20.4. The maximum atomic E-state index is 13.5. The van der Waals surface area contributed by atoms with E-state index >= 15 is 0 Å². The molecule has 2 aromatic carbocycles. The second kappa shape index (κ2) is 6.02. The summed E-state index contributed by atoms with van der Waals surface area (Å²) in [6.45, 7) is 3.29. The van der Waals surface area contributed by atoms with Crippen molar-refractivity contribution in [2.45, 2.75) is 31.8 Å². The lowest BCUT2D eigenvalue weighted by Gasteiger charge is -2.46. The van der Waals surface area contributed by atoms with Gasteiger partial charge in [-0.2, -0.15) is 0 Å². The molecule has 0 bridgehead atoms. The molecule has 3 N–H and O–H groups in total. The summed E-state index contributed by atoms with van der Waals surface area (Å²) < 4.78 is 22.3. The van der Waals surface area contributed by atoms with Gasteiger partial charge in [0.05, 0.1) is 7.11 Å². The van der Waals surface area contributed by atoms with Crippen molar-refractivity contribution >= 4 is 5.78 Å². The van der Waals surface area contributed by atoms with Gasteiger partial charge in [0.15, 0.2) is 17.1 Å². The molecule has 4 rings (SSSR count). The van der Waals surface area contributed by atoms with Crippen LogP contribution in [0.5, 0.6) is 28.7 Å². The standard InChI is InChI=1S/C20H20O8/c1-8-13(22)12-15(9(2)14(8)25-3)27-18-19(26-4)28-16-10(6-5-7-11(16)21)20(18,24)17(12)23/h5-7,18-19,21-22,24H,1-4H3/t18-,19+,20-/m0/s1. The van der Waals surface area contributed by atoms with Crippen LogP contribution in [-0.4, -0.2) is 47.7 Å². The van der Waals surface area contributed by atoms with Gasteiger partial charge in [0.2, 0.25) is 18.2 Å². The minimum absolute atomic E-state index is 0.0342. The fraction of sp³-hybridized carbons (Fsp3) is 0.350. The van der Waals surface area contributed by atoms with Gasteiger partial charge in [0.1, 0.15) is 22.8 Å². The Morgan fingerprint density at radius 3 is 2.43 bits per heavy atom. The quantitative estimate of drug-likeness (QED) is 0.715. The molecule has 3 atom stereocenters. The van der Waals surface area contributed by atoms with Crippen LogP contribution in [0.2, 0.25) is 0 Å². The second-order valence-electron chi connectivity index (χ2n) is 6.85. The highest BCUT2D eigenvalue weighted by molar-refractivity contribution is 6.10. The minimum atomic E-state index is -2.23. The van der Waals surface area contributed by atoms with Crippen LogP contribution in [0.1, 0.15) is 27.0 Å². The molecule has 0 saturated heterocycles. The van der Waals surface area contributed by atoms with E-state index in [2.05, 4.69) is 0 Å². The van der Waals surface area contributed by atoms with Crippen molar-refractivity contribution in [3.63, 3.8) is 0 Å². The van der Waals surface area contributed by atoms with Gasteiger partial charge in [-0.05, 0) is 19.9 Å². The van der Waals surface area contributed by atoms with Crippen molar-refractivity contribution in [3.8, 4) is 28.7 Å². The third kappa shape index (κ3) is 2.10. The monoisotopic (exact) mass is 388 g/mol. The summed E-state index contributed by atoms with van der Waals surface area (Å²) in [5.41, 5.74) is -1.50. The molecule has 2 aliphatic heterocycles. The molecule has 0 fully saturated rings. The molecule has 28 heavy (non-hydrogen) atoms. The molecule has 2 heterocycles. The van der Waals surface area contributed by atoms with E-state index < -0.39 is 23.8 Å². The second-order valence-corrected chi connectivity index (χ2v) is 6.85. The number of phenols is 2. The molecular weight excluding hydrogens is 368 g/mol. The SMILES string of the molecule is COc1c(C)c(O)c2c(c1C)O[C@H]1[C@H](OC)Oc3c(O)cccc3[C@]1(O)C2=O. The minimum Gasteiger partial charge on any atom is -0.507 e. The molecule has 0 saturated carbocycles. The Morgan fingerprint density at radius 1 is 1.07 bits per heavy atom. The number of aliphatic hydroxyl groups is 1. The number of fused-ring (bicyclic) bond motifs is 4. The molecular formula is C20H20O8. The van der Waals surface area contributed by atoms with E-state index in [9.17, 15) is 20.1 Å². The van der Waals surface area contributed by atoms with Gasteiger partial charge in [-0.25, -0.2) is 0 Å². The molecule has 2 aliphatic rings. The smallest absolute Gasteiger partial charge is 0.240 e. The van der Waals surface area contributed by atoms with E-state index in [4.69, 9.17) is 18.9 Å². The van der Waals surface area contributed by atoms with Crippen molar-refractivity contribution in [1.29, 1.82) is 0 Å². The predicted octanol–water partition coefficient (Wildman–Crippen LogP) is 1.92. The highest BCUT2D eigenvalue weighted by Crippen LogP contribution is 2.54. The van der Waals surface area contributed by atoms with E-state index in [1.54, 1.807) is 13.8 Å². The number of rotatable bonds is 2. The Bertz CT molecular complexity index is 998. The van der Waals surface area contributed by atoms with Crippen LogP contribution < -0.4 is 14.2 Å². The summed E-state index contributed by atoms with van der Waals surface area (Å²) in [5.74, 6) is -0.975. The fourth-order valence-electron chi connectivity index (χ4n) is 4.00. The molecule has 0 radical (unpaired) electrons. The summed E-state index contributed by atoms with van der Waals surface area (Å²) in [7, 11) is 2.78. The first-order chi connectivity index (χ1) is 13.3. The van der Waals surface area contributed by atoms with Crippen molar-refractivity contribution in [1.82, 2.24) is 0 Å². The van der Waals surface area contributed by atoms with E-state index in [-0.39, 0.29) is 34.1 Å². The highest BCUT2D eigenvalue weighted by Gasteiger charge is 2.61. The van der Waals surface area contributed by atoms with Crippen molar-refractivity contribution in [2.24, 2.45) is 0 Å². The van der Waals surface area contributed by atoms with Crippen LogP contribution in [0, 0.1) is 13.8 Å². The summed E-state index contributed by atoms with van der Waals surface area (Å²) in [6, 6.07) is 4.31. The van der Waals surface area contributed by atoms with Crippen LogP contribution in [0.25, 0.3) is 0 Å². The Morgan fingerprint density at radius 2 is 1.79 bits per heavy atom. The van der Waals surface area contributed by atoms with Gasteiger partial charge in [-0.15, -0.1) is 0 Å². The summed E-state index contributed by atoms with van der Waals surface area (Å²) >= 11 is 0. The number of phenolic OH excluding ortho intramolecular Hbond substituents is 2. The van der Waals surface area contributed by atoms with Crippen molar-refractivity contribution in [3.05, 3.63) is 40.5 Å². The Balaban J connectivity index is 2.04. The fourth-order valence-corrected chi connectivity index (χ4v) is 4.00. The van der Waals surface area contributed by atoms with Gasteiger partial charge in [0.25, 0.3) is 0 Å². The third-order valence-electron chi connectivity index (χ3n) is 5.39. The maximum absolute atomic E-state index is 13.5. The largest absolute Gasteiger partial charge is 0.507 e. The first-order valence-corrected chi connectivity index (χ1v) is 8.63. The summed E-state index contributed by atoms with van der Waals surface area (Å²) in [6.07, 6.45) is -2.45. The zero-order valence-corrected chi connectivity index (χ0v) is 15.8. The lowest BCUT2D eigenvalue weighted by Crippen LogP contribution is -2.62. The summed E-state index contributed by atoms with van der Waals surface area (Å²) in [5, 5.41) is 32.4.